The first kappa shape index (κ1) is 13.6. The second-order valence-electron chi connectivity index (χ2n) is 4.73. The number of nitrogens with two attached hydrogens (primary N) is 1. The number of esters is 1. The largest absolute Gasteiger partial charge is 0.465 e. The van der Waals surface area contributed by atoms with Crippen molar-refractivity contribution in [3.8, 4) is 0 Å². The minimum absolute atomic E-state index is 0.285. The summed E-state index contributed by atoms with van der Waals surface area (Å²) in [5, 5.41) is 0. The van der Waals surface area contributed by atoms with Crippen molar-refractivity contribution < 1.29 is 9.53 Å². The molecule has 1 aromatic carbocycles. The smallest absolute Gasteiger partial charge is 0.338 e. The van der Waals surface area contributed by atoms with E-state index < -0.39 is 0 Å². The van der Waals surface area contributed by atoms with Crippen LogP contribution in [-0.2, 0) is 11.2 Å². The molecule has 2 N–H and O–H groups in total. The van der Waals surface area contributed by atoms with Crippen LogP contribution in [0.15, 0.2) is 12.1 Å². The highest BCUT2D eigenvalue weighted by atomic mass is 16.5. The van der Waals surface area contributed by atoms with Crippen molar-refractivity contribution in [2.24, 2.45) is 5.92 Å². The lowest BCUT2D eigenvalue weighted by Crippen LogP contribution is -2.09. The highest BCUT2D eigenvalue weighted by Gasteiger charge is 2.15. The first-order valence-electron chi connectivity index (χ1n) is 5.93. The number of rotatable bonds is 4. The second kappa shape index (κ2) is 5.71. The first-order valence-corrected chi connectivity index (χ1v) is 5.93. The molecule has 0 heterocycles. The van der Waals surface area contributed by atoms with Crippen LogP contribution in [0.1, 0.15) is 41.8 Å². The second-order valence-corrected chi connectivity index (χ2v) is 4.73. The van der Waals surface area contributed by atoms with E-state index in [9.17, 15) is 4.79 Å². The molecule has 0 atom stereocenters. The minimum atomic E-state index is -0.285. The van der Waals surface area contributed by atoms with E-state index in [0.29, 0.717) is 11.5 Å². The predicted molar refractivity (Wildman–Crippen MR) is 70.1 cm³/mol. The summed E-state index contributed by atoms with van der Waals surface area (Å²) >= 11 is 0. The van der Waals surface area contributed by atoms with Gasteiger partial charge in [-0.25, -0.2) is 4.79 Å². The fourth-order valence-electron chi connectivity index (χ4n) is 1.83. The van der Waals surface area contributed by atoms with E-state index in [0.717, 1.165) is 29.7 Å². The van der Waals surface area contributed by atoms with Crippen molar-refractivity contribution in [3.63, 3.8) is 0 Å². The van der Waals surface area contributed by atoms with Crippen molar-refractivity contribution in [3.05, 3.63) is 28.8 Å². The molecule has 0 amide bonds. The van der Waals surface area contributed by atoms with Crippen molar-refractivity contribution >= 4 is 11.7 Å². The van der Waals surface area contributed by atoms with Gasteiger partial charge in [-0.15, -0.1) is 0 Å². The molecule has 3 heteroatoms. The molecule has 94 valence electrons. The lowest BCUT2D eigenvalue weighted by atomic mass is 9.93. The fraction of sp³-hybridized carbons (Fsp3) is 0.500. The Kier molecular flexibility index (Phi) is 4.55. The Morgan fingerprint density at radius 1 is 1.41 bits per heavy atom. The van der Waals surface area contributed by atoms with Crippen LogP contribution < -0.4 is 5.73 Å². The first-order chi connectivity index (χ1) is 7.97. The third-order valence-electron chi connectivity index (χ3n) is 3.02. The van der Waals surface area contributed by atoms with Gasteiger partial charge in [0.25, 0.3) is 0 Å². The molecule has 1 rings (SSSR count). The van der Waals surface area contributed by atoms with Gasteiger partial charge < -0.3 is 10.5 Å². The van der Waals surface area contributed by atoms with E-state index in [1.54, 1.807) is 12.1 Å². The van der Waals surface area contributed by atoms with Crippen LogP contribution in [0.2, 0.25) is 0 Å². The summed E-state index contributed by atoms with van der Waals surface area (Å²) < 4.78 is 4.80. The molecule has 0 radical (unpaired) electrons. The molecule has 0 saturated heterocycles. The number of carbonyl (C=O) groups excluding carboxylic acids is 1. The molecule has 17 heavy (non-hydrogen) atoms. The van der Waals surface area contributed by atoms with Gasteiger partial charge in [0, 0.05) is 5.69 Å². The van der Waals surface area contributed by atoms with E-state index in [4.69, 9.17) is 10.5 Å². The predicted octanol–water partition coefficient (Wildman–Crippen LogP) is 2.95. The molecule has 0 aliphatic rings. The third-order valence-corrected chi connectivity index (χ3v) is 3.02. The van der Waals surface area contributed by atoms with Crippen LogP contribution in [0, 0.1) is 12.8 Å². The summed E-state index contributed by atoms with van der Waals surface area (Å²) in [4.78, 5) is 11.7. The zero-order valence-corrected chi connectivity index (χ0v) is 11.0. The Balaban J connectivity index is 3.12. The number of benzene rings is 1. The minimum Gasteiger partial charge on any atom is -0.465 e. The summed E-state index contributed by atoms with van der Waals surface area (Å²) in [6.07, 6.45) is 1.90. The summed E-state index contributed by atoms with van der Waals surface area (Å²) in [7, 11) is 1.40. The van der Waals surface area contributed by atoms with Gasteiger partial charge in [-0.05, 0) is 48.9 Å². The number of hydrogen-bond donors (Lipinski definition) is 1. The molecule has 0 aliphatic heterocycles. The number of methoxy groups -OCH3 is 1. The van der Waals surface area contributed by atoms with Gasteiger partial charge >= 0.3 is 5.97 Å². The Labute approximate surface area is 103 Å². The molecule has 1 aromatic rings. The summed E-state index contributed by atoms with van der Waals surface area (Å²) in [5.41, 5.74) is 9.27. The van der Waals surface area contributed by atoms with E-state index in [1.807, 2.05) is 6.92 Å². The van der Waals surface area contributed by atoms with Crippen molar-refractivity contribution in [1.29, 1.82) is 0 Å². The third kappa shape index (κ3) is 3.22. The van der Waals surface area contributed by atoms with Gasteiger partial charge in [-0.3, -0.25) is 0 Å². The van der Waals surface area contributed by atoms with Gasteiger partial charge in [0.05, 0.1) is 12.7 Å². The quantitative estimate of drug-likeness (QED) is 0.645. The summed E-state index contributed by atoms with van der Waals surface area (Å²) in [5.74, 6) is 0.313. The molecule has 0 unspecified atom stereocenters. The normalized spacial score (nSPS) is 10.6. The van der Waals surface area contributed by atoms with Crippen molar-refractivity contribution in [2.45, 2.75) is 33.6 Å². The molecule has 0 spiro atoms. The average Bonchev–Trinajstić information content (AvgIpc) is 2.29. The summed E-state index contributed by atoms with van der Waals surface area (Å²) in [6, 6.07) is 3.52. The maximum absolute atomic E-state index is 11.7. The lowest BCUT2D eigenvalue weighted by Gasteiger charge is -2.14. The van der Waals surface area contributed by atoms with Crippen LogP contribution >= 0.6 is 0 Å². The maximum Gasteiger partial charge on any atom is 0.338 e. The fourth-order valence-corrected chi connectivity index (χ4v) is 1.83. The van der Waals surface area contributed by atoms with Gasteiger partial charge in [-0.1, -0.05) is 13.8 Å². The van der Waals surface area contributed by atoms with Crippen LogP contribution in [0.25, 0.3) is 0 Å². The van der Waals surface area contributed by atoms with E-state index in [1.165, 1.54) is 7.11 Å². The number of hydrogen-bond acceptors (Lipinski definition) is 3. The van der Waals surface area contributed by atoms with Gasteiger partial charge in [0.1, 0.15) is 0 Å². The molecular weight excluding hydrogens is 214 g/mol. The lowest BCUT2D eigenvalue weighted by molar-refractivity contribution is 0.0599. The molecule has 0 fully saturated rings. The number of carbonyl (C=O) groups is 1. The Morgan fingerprint density at radius 3 is 2.59 bits per heavy atom. The number of anilines is 1. The summed E-state index contributed by atoms with van der Waals surface area (Å²) in [6.45, 7) is 6.29. The maximum atomic E-state index is 11.7. The topological polar surface area (TPSA) is 52.3 Å². The Morgan fingerprint density at radius 2 is 2.06 bits per heavy atom. The molecule has 0 aliphatic carbocycles. The molecule has 0 saturated carbocycles. The average molecular weight is 235 g/mol. The zero-order valence-electron chi connectivity index (χ0n) is 11.0. The van der Waals surface area contributed by atoms with Crippen LogP contribution in [-0.4, -0.2) is 13.1 Å². The monoisotopic (exact) mass is 235 g/mol. The zero-order chi connectivity index (χ0) is 13.0. The molecule has 0 aromatic heterocycles. The highest BCUT2D eigenvalue weighted by molar-refractivity contribution is 5.92. The number of nitrogen functional groups attached to an aromatic ring is 1. The molecule has 0 bridgehead atoms. The van der Waals surface area contributed by atoms with Crippen LogP contribution in [0.3, 0.4) is 0 Å². The van der Waals surface area contributed by atoms with Gasteiger partial charge in [0.2, 0.25) is 0 Å². The Bertz CT molecular complexity index is 411. The SMILES string of the molecule is COC(=O)c1ccc(N)c(C)c1CCC(C)C. The van der Waals surface area contributed by atoms with E-state index in [-0.39, 0.29) is 5.97 Å². The number of ether oxygens (including phenoxy) is 1. The molecule has 3 nitrogen and oxygen atoms in total. The van der Waals surface area contributed by atoms with Crippen LogP contribution in [0.5, 0.6) is 0 Å². The van der Waals surface area contributed by atoms with E-state index in [2.05, 4.69) is 13.8 Å². The van der Waals surface area contributed by atoms with Gasteiger partial charge in [-0.2, -0.15) is 0 Å². The van der Waals surface area contributed by atoms with Crippen molar-refractivity contribution in [1.82, 2.24) is 0 Å². The highest BCUT2D eigenvalue weighted by Crippen LogP contribution is 2.23. The standard InChI is InChI=1S/C14H21NO2/c1-9(2)5-6-11-10(3)13(15)8-7-12(11)14(16)17-4/h7-9H,5-6,15H2,1-4H3. The Hall–Kier alpha value is -1.51. The molecular formula is C14H21NO2. The van der Waals surface area contributed by atoms with E-state index >= 15 is 0 Å². The van der Waals surface area contributed by atoms with Crippen LogP contribution in [0.4, 0.5) is 5.69 Å². The van der Waals surface area contributed by atoms with Gasteiger partial charge in [0.15, 0.2) is 0 Å². The van der Waals surface area contributed by atoms with Crippen molar-refractivity contribution in [2.75, 3.05) is 12.8 Å².